The van der Waals surface area contributed by atoms with Crippen LogP contribution < -0.4 is 15.8 Å². The maximum absolute atomic E-state index is 5.99. The second kappa shape index (κ2) is 8.02. The van der Waals surface area contributed by atoms with Crippen LogP contribution in [0, 0.1) is 0 Å². The van der Waals surface area contributed by atoms with E-state index in [-0.39, 0.29) is 0 Å². The van der Waals surface area contributed by atoms with Crippen molar-refractivity contribution in [1.29, 1.82) is 0 Å². The number of anilines is 2. The number of hydrogen-bond acceptors (Lipinski definition) is 6. The number of nitrogens with two attached hydrogens (primary N) is 1. The van der Waals surface area contributed by atoms with E-state index in [0.717, 1.165) is 19.5 Å². The molecule has 2 heterocycles. The van der Waals surface area contributed by atoms with E-state index in [0.29, 0.717) is 30.0 Å². The van der Waals surface area contributed by atoms with Gasteiger partial charge in [0, 0.05) is 19.1 Å². The molecular weight excluding hydrogens is 266 g/mol. The van der Waals surface area contributed by atoms with Crippen LogP contribution in [0.1, 0.15) is 39.5 Å². The van der Waals surface area contributed by atoms with Crippen LogP contribution in [0.4, 0.5) is 11.5 Å². The first-order valence-electron chi connectivity index (χ1n) is 7.93. The molecule has 0 saturated carbocycles. The molecule has 6 nitrogen and oxygen atoms in total. The van der Waals surface area contributed by atoms with E-state index in [1.54, 1.807) is 0 Å². The molecule has 1 aliphatic heterocycles. The first-order chi connectivity index (χ1) is 10.2. The summed E-state index contributed by atoms with van der Waals surface area (Å²) in [6.07, 6.45) is 6.58. The van der Waals surface area contributed by atoms with Crippen molar-refractivity contribution in [1.82, 2.24) is 14.9 Å². The van der Waals surface area contributed by atoms with E-state index >= 15 is 0 Å². The van der Waals surface area contributed by atoms with Gasteiger partial charge in [0.2, 0.25) is 5.88 Å². The lowest BCUT2D eigenvalue weighted by molar-refractivity contribution is 0.160. The molecule has 0 spiro atoms. The smallest absolute Gasteiger partial charge is 0.242 e. The van der Waals surface area contributed by atoms with E-state index in [2.05, 4.69) is 27.1 Å². The van der Waals surface area contributed by atoms with E-state index in [1.807, 2.05) is 6.92 Å². The molecule has 0 bridgehead atoms. The quantitative estimate of drug-likeness (QED) is 0.750. The molecule has 6 heteroatoms. The van der Waals surface area contributed by atoms with Crippen molar-refractivity contribution in [2.45, 2.75) is 45.6 Å². The van der Waals surface area contributed by atoms with Gasteiger partial charge in [-0.15, -0.1) is 0 Å². The van der Waals surface area contributed by atoms with Crippen LogP contribution in [0.3, 0.4) is 0 Å². The molecule has 1 aromatic heterocycles. The lowest BCUT2D eigenvalue weighted by Gasteiger charge is -2.33. The fraction of sp³-hybridized carbons (Fsp3) is 0.733. The third-order valence-electron chi connectivity index (χ3n) is 3.98. The summed E-state index contributed by atoms with van der Waals surface area (Å²) in [4.78, 5) is 10.8. The fourth-order valence-corrected chi connectivity index (χ4v) is 2.75. The summed E-state index contributed by atoms with van der Waals surface area (Å²) in [5.41, 5.74) is 6.48. The molecule has 1 fully saturated rings. The van der Waals surface area contributed by atoms with Crippen LogP contribution in [0.5, 0.6) is 5.88 Å². The molecule has 2 rings (SSSR count). The van der Waals surface area contributed by atoms with Gasteiger partial charge in [-0.25, -0.2) is 4.98 Å². The Bertz CT molecular complexity index is 440. The number of ether oxygens (including phenoxy) is 1. The largest absolute Gasteiger partial charge is 0.476 e. The SMILES string of the molecule is CCOc1ncnc(NCCCN2CCCCC2C)c1N. The van der Waals surface area contributed by atoms with E-state index in [9.17, 15) is 0 Å². The Morgan fingerprint density at radius 2 is 2.29 bits per heavy atom. The lowest BCUT2D eigenvalue weighted by Crippen LogP contribution is -2.38. The zero-order chi connectivity index (χ0) is 15.1. The molecular formula is C15H27N5O. The van der Waals surface area contributed by atoms with Crippen molar-refractivity contribution in [3.8, 4) is 5.88 Å². The Kier molecular flexibility index (Phi) is 6.04. The minimum atomic E-state index is 0.458. The van der Waals surface area contributed by atoms with Gasteiger partial charge in [0.05, 0.1) is 6.61 Å². The molecule has 3 N–H and O–H groups in total. The molecule has 0 aliphatic carbocycles. The number of aromatic nitrogens is 2. The second-order valence-electron chi connectivity index (χ2n) is 5.54. The topological polar surface area (TPSA) is 76.3 Å². The number of nitrogens with zero attached hydrogens (tertiary/aromatic N) is 3. The highest BCUT2D eigenvalue weighted by atomic mass is 16.5. The molecule has 1 aliphatic rings. The third-order valence-corrected chi connectivity index (χ3v) is 3.98. The molecule has 118 valence electrons. The molecule has 1 atom stereocenters. The van der Waals surface area contributed by atoms with E-state index in [4.69, 9.17) is 10.5 Å². The summed E-state index contributed by atoms with van der Waals surface area (Å²) in [6.45, 7) is 7.99. The van der Waals surface area contributed by atoms with Gasteiger partial charge in [-0.3, -0.25) is 0 Å². The summed E-state index contributed by atoms with van der Waals surface area (Å²) in [6, 6.07) is 0.715. The Morgan fingerprint density at radius 3 is 3.05 bits per heavy atom. The highest BCUT2D eigenvalue weighted by Crippen LogP contribution is 2.24. The van der Waals surface area contributed by atoms with Crippen LogP contribution in [0.25, 0.3) is 0 Å². The Morgan fingerprint density at radius 1 is 1.43 bits per heavy atom. The predicted octanol–water partition coefficient (Wildman–Crippen LogP) is 2.13. The zero-order valence-electron chi connectivity index (χ0n) is 13.1. The Hall–Kier alpha value is -1.56. The summed E-state index contributed by atoms with van der Waals surface area (Å²) in [5.74, 6) is 1.12. The van der Waals surface area contributed by atoms with E-state index < -0.39 is 0 Å². The molecule has 0 amide bonds. The van der Waals surface area contributed by atoms with Crippen molar-refractivity contribution < 1.29 is 4.74 Å². The summed E-state index contributed by atoms with van der Waals surface area (Å²) in [7, 11) is 0. The van der Waals surface area contributed by atoms with Crippen LogP contribution in [-0.4, -0.2) is 47.2 Å². The van der Waals surface area contributed by atoms with Gasteiger partial charge >= 0.3 is 0 Å². The van der Waals surface area contributed by atoms with Gasteiger partial charge in [0.15, 0.2) is 5.82 Å². The standard InChI is InChI=1S/C15H27N5O/c1-3-21-15-13(16)14(18-11-19-15)17-8-6-10-20-9-5-4-7-12(20)2/h11-12H,3-10,16H2,1-2H3,(H,17,18,19). The molecule has 1 saturated heterocycles. The zero-order valence-corrected chi connectivity index (χ0v) is 13.1. The summed E-state index contributed by atoms with van der Waals surface area (Å²) in [5, 5.41) is 3.28. The summed E-state index contributed by atoms with van der Waals surface area (Å²) >= 11 is 0. The molecule has 21 heavy (non-hydrogen) atoms. The number of hydrogen-bond donors (Lipinski definition) is 2. The Labute approximate surface area is 127 Å². The first-order valence-corrected chi connectivity index (χ1v) is 7.93. The number of rotatable bonds is 7. The van der Waals surface area contributed by atoms with Gasteiger partial charge in [0.25, 0.3) is 0 Å². The average Bonchev–Trinajstić information content (AvgIpc) is 2.49. The van der Waals surface area contributed by atoms with Crippen molar-refractivity contribution in [3.63, 3.8) is 0 Å². The van der Waals surface area contributed by atoms with Crippen LogP contribution in [0.2, 0.25) is 0 Å². The van der Waals surface area contributed by atoms with Gasteiger partial charge < -0.3 is 20.7 Å². The lowest BCUT2D eigenvalue weighted by atomic mass is 10.0. The van der Waals surface area contributed by atoms with Gasteiger partial charge in [-0.2, -0.15) is 4.98 Å². The average molecular weight is 293 g/mol. The normalized spacial score (nSPS) is 19.4. The molecule has 1 aromatic rings. The summed E-state index contributed by atoms with van der Waals surface area (Å²) < 4.78 is 5.37. The fourth-order valence-electron chi connectivity index (χ4n) is 2.75. The first kappa shape index (κ1) is 15.8. The highest BCUT2D eigenvalue weighted by Gasteiger charge is 2.17. The van der Waals surface area contributed by atoms with Crippen molar-refractivity contribution >= 4 is 11.5 Å². The molecule has 1 unspecified atom stereocenters. The van der Waals surface area contributed by atoms with Crippen molar-refractivity contribution in [2.24, 2.45) is 0 Å². The van der Waals surface area contributed by atoms with Crippen molar-refractivity contribution in [3.05, 3.63) is 6.33 Å². The maximum atomic E-state index is 5.99. The van der Waals surface area contributed by atoms with Crippen LogP contribution in [0.15, 0.2) is 6.33 Å². The Balaban J connectivity index is 1.77. The number of nitrogens with one attached hydrogen (secondary N) is 1. The van der Waals surface area contributed by atoms with Crippen molar-refractivity contribution in [2.75, 3.05) is 37.3 Å². The number of piperidine rings is 1. The van der Waals surface area contributed by atoms with Crippen LogP contribution >= 0.6 is 0 Å². The maximum Gasteiger partial charge on any atom is 0.242 e. The van der Waals surface area contributed by atoms with Gasteiger partial charge in [-0.1, -0.05) is 6.42 Å². The highest BCUT2D eigenvalue weighted by molar-refractivity contribution is 5.66. The number of likely N-dealkylation sites (tertiary alicyclic amines) is 1. The molecule has 0 radical (unpaired) electrons. The number of nitrogen functional groups attached to an aromatic ring is 1. The minimum absolute atomic E-state index is 0.458. The predicted molar refractivity (Wildman–Crippen MR) is 85.6 cm³/mol. The van der Waals surface area contributed by atoms with E-state index in [1.165, 1.54) is 32.1 Å². The minimum Gasteiger partial charge on any atom is -0.476 e. The van der Waals surface area contributed by atoms with Gasteiger partial charge in [-0.05, 0) is 39.7 Å². The van der Waals surface area contributed by atoms with Crippen LogP contribution in [-0.2, 0) is 0 Å². The molecule has 0 aromatic carbocycles. The second-order valence-corrected chi connectivity index (χ2v) is 5.54. The van der Waals surface area contributed by atoms with Gasteiger partial charge in [0.1, 0.15) is 12.0 Å². The monoisotopic (exact) mass is 293 g/mol. The third kappa shape index (κ3) is 4.46.